The largest absolute Gasteiger partial charge is 0.452 e. The predicted octanol–water partition coefficient (Wildman–Crippen LogP) is 16.4. The molecule has 0 radical (unpaired) electrons. The third-order valence-electron chi connectivity index (χ3n) is 12.7. The van der Waals surface area contributed by atoms with Gasteiger partial charge in [0.05, 0.1) is 0 Å². The van der Waals surface area contributed by atoms with Gasteiger partial charge < -0.3 is 8.83 Å². The van der Waals surface area contributed by atoms with Gasteiger partial charge in [0.25, 0.3) is 0 Å². The summed E-state index contributed by atoms with van der Waals surface area (Å²) in [5, 5.41) is 1.88. The number of hydrogen-bond acceptors (Lipinski definition) is 6. The van der Waals surface area contributed by atoms with Gasteiger partial charge in [0.15, 0.2) is 22.8 Å². The van der Waals surface area contributed by atoms with Gasteiger partial charge in [-0.05, 0) is 93.0 Å². The number of hydrogen-bond donors (Lipinski definition) is 0. The lowest BCUT2D eigenvalue weighted by molar-refractivity contribution is 0.667. The smallest absolute Gasteiger partial charge is 0.180 e. The van der Waals surface area contributed by atoms with Crippen LogP contribution in [-0.2, 0) is 0 Å². The molecule has 0 bridgehead atoms. The molecular formula is C62H38N4O2. The molecule has 0 N–H and O–H groups in total. The van der Waals surface area contributed by atoms with E-state index >= 15 is 0 Å². The Morgan fingerprint density at radius 2 is 0.574 bits per heavy atom. The van der Waals surface area contributed by atoms with E-state index in [1.165, 1.54) is 0 Å². The Morgan fingerprint density at radius 1 is 0.235 bits per heavy atom. The van der Waals surface area contributed by atoms with E-state index in [-0.39, 0.29) is 0 Å². The molecule has 9 aromatic carbocycles. The molecule has 0 aliphatic rings. The molecule has 13 rings (SSSR count). The molecule has 318 valence electrons. The predicted molar refractivity (Wildman–Crippen MR) is 276 cm³/mol. The lowest BCUT2D eigenvalue weighted by Crippen LogP contribution is -1.96. The lowest BCUT2D eigenvalue weighted by Gasteiger charge is -2.13. The molecule has 0 amide bonds. The van der Waals surface area contributed by atoms with Crippen molar-refractivity contribution in [3.05, 3.63) is 231 Å². The van der Waals surface area contributed by atoms with Crippen LogP contribution in [0.1, 0.15) is 0 Å². The van der Waals surface area contributed by atoms with Crippen molar-refractivity contribution in [2.45, 2.75) is 0 Å². The number of fused-ring (bicyclic) bond motifs is 6. The summed E-state index contributed by atoms with van der Waals surface area (Å²) >= 11 is 0. The van der Waals surface area contributed by atoms with Crippen molar-refractivity contribution in [1.29, 1.82) is 0 Å². The van der Waals surface area contributed by atoms with E-state index in [0.29, 0.717) is 22.8 Å². The Bertz CT molecular complexity index is 3990. The van der Waals surface area contributed by atoms with Crippen molar-refractivity contribution in [2.24, 2.45) is 0 Å². The molecule has 6 heteroatoms. The summed E-state index contributed by atoms with van der Waals surface area (Å²) in [7, 11) is 0. The highest BCUT2D eigenvalue weighted by Crippen LogP contribution is 2.40. The highest BCUT2D eigenvalue weighted by molar-refractivity contribution is 6.08. The Balaban J connectivity index is 0.962. The maximum Gasteiger partial charge on any atom is 0.180 e. The van der Waals surface area contributed by atoms with Crippen molar-refractivity contribution >= 4 is 44.1 Å². The molecule has 6 nitrogen and oxygen atoms in total. The zero-order chi connectivity index (χ0) is 45.0. The molecule has 0 unspecified atom stereocenters. The number of benzene rings is 9. The van der Waals surface area contributed by atoms with Gasteiger partial charge >= 0.3 is 0 Å². The molecule has 0 atom stereocenters. The van der Waals surface area contributed by atoms with Gasteiger partial charge in [-0.15, -0.1) is 0 Å². The second-order valence-electron chi connectivity index (χ2n) is 17.0. The number of aromatic nitrogens is 4. The third kappa shape index (κ3) is 7.00. The summed E-state index contributed by atoms with van der Waals surface area (Å²) < 4.78 is 13.1. The van der Waals surface area contributed by atoms with E-state index in [4.69, 9.17) is 28.8 Å². The molecule has 0 fully saturated rings. The molecule has 4 heterocycles. The molecule has 0 spiro atoms. The highest BCUT2D eigenvalue weighted by Gasteiger charge is 2.21. The Hall–Kier alpha value is -9.26. The molecule has 0 saturated carbocycles. The van der Waals surface area contributed by atoms with Crippen molar-refractivity contribution < 1.29 is 8.83 Å². The Morgan fingerprint density at radius 3 is 1.07 bits per heavy atom. The Labute approximate surface area is 391 Å². The van der Waals surface area contributed by atoms with Gasteiger partial charge in [0.2, 0.25) is 0 Å². The summed E-state index contributed by atoms with van der Waals surface area (Å²) in [4.78, 5) is 21.2. The van der Waals surface area contributed by atoms with Gasteiger partial charge in [-0.3, -0.25) is 0 Å². The standard InChI is InChI=1S/C62H38N4O2/c1-4-15-39(16-5-1)42-27-31-44(32-28-42)55-59-57(51-23-10-12-25-53(51)67-59)65-61(63-55)47-22-14-21-46(35-47)49-36-48(41-19-8-3-9-20-41)37-50(38-49)62-64-56(60-58(66-62)52-24-11-13-26-54(52)68-60)45-33-29-43(30-34-45)40-17-6-2-7-18-40/h1-38H. The maximum absolute atomic E-state index is 6.55. The van der Waals surface area contributed by atoms with Gasteiger partial charge in [-0.25, -0.2) is 19.9 Å². The van der Waals surface area contributed by atoms with E-state index in [9.17, 15) is 0 Å². The SMILES string of the molecule is c1ccc(-c2ccc(-c3nc(-c4cccc(-c5cc(-c6ccccc6)cc(-c6nc(-c7ccc(-c8ccccc8)cc7)c7oc8ccccc8c7n6)c5)c4)nc4c3oc3ccccc34)cc2)cc1. The summed E-state index contributed by atoms with van der Waals surface area (Å²) in [6, 6.07) is 79.5. The first kappa shape index (κ1) is 39.1. The maximum atomic E-state index is 6.55. The fraction of sp³-hybridized carbons (Fsp3) is 0. The van der Waals surface area contributed by atoms with Crippen LogP contribution < -0.4 is 0 Å². The van der Waals surface area contributed by atoms with Gasteiger partial charge in [0.1, 0.15) is 33.6 Å². The number of rotatable bonds is 8. The van der Waals surface area contributed by atoms with Gasteiger partial charge in [0, 0.05) is 33.0 Å². The van der Waals surface area contributed by atoms with E-state index in [0.717, 1.165) is 111 Å². The molecule has 0 aliphatic carbocycles. The van der Waals surface area contributed by atoms with Crippen LogP contribution in [0, 0.1) is 0 Å². The van der Waals surface area contributed by atoms with E-state index in [2.05, 4.69) is 176 Å². The van der Waals surface area contributed by atoms with Crippen LogP contribution in [0.2, 0.25) is 0 Å². The number of furan rings is 2. The Kier molecular flexibility index (Phi) is 9.39. The minimum absolute atomic E-state index is 0.602. The first-order chi connectivity index (χ1) is 33.7. The normalized spacial score (nSPS) is 11.5. The molecule has 0 aliphatic heterocycles. The zero-order valence-electron chi connectivity index (χ0n) is 36.5. The van der Waals surface area contributed by atoms with Crippen LogP contribution in [0.3, 0.4) is 0 Å². The fourth-order valence-corrected chi connectivity index (χ4v) is 9.29. The summed E-state index contributed by atoms with van der Waals surface area (Å²) in [6.07, 6.45) is 0. The first-order valence-corrected chi connectivity index (χ1v) is 22.7. The molecule has 0 saturated heterocycles. The average Bonchev–Trinajstić information content (AvgIpc) is 4.00. The third-order valence-corrected chi connectivity index (χ3v) is 12.7. The minimum Gasteiger partial charge on any atom is -0.452 e. The van der Waals surface area contributed by atoms with E-state index in [1.54, 1.807) is 0 Å². The highest BCUT2D eigenvalue weighted by atomic mass is 16.3. The summed E-state index contributed by atoms with van der Waals surface area (Å²) in [5.74, 6) is 1.21. The van der Waals surface area contributed by atoms with Crippen LogP contribution in [0.15, 0.2) is 239 Å². The van der Waals surface area contributed by atoms with Crippen LogP contribution in [0.5, 0.6) is 0 Å². The molecular weight excluding hydrogens is 833 g/mol. The van der Waals surface area contributed by atoms with Crippen LogP contribution in [0.4, 0.5) is 0 Å². The monoisotopic (exact) mass is 870 g/mol. The summed E-state index contributed by atoms with van der Waals surface area (Å²) in [5.41, 5.74) is 18.2. The number of nitrogens with zero attached hydrogens (tertiary/aromatic N) is 4. The second-order valence-corrected chi connectivity index (χ2v) is 17.0. The lowest BCUT2D eigenvalue weighted by atomic mass is 9.94. The first-order valence-electron chi connectivity index (χ1n) is 22.7. The average molecular weight is 871 g/mol. The second kappa shape index (κ2) is 16.3. The van der Waals surface area contributed by atoms with Gasteiger partial charge in [-0.2, -0.15) is 0 Å². The quantitative estimate of drug-likeness (QED) is 0.151. The zero-order valence-corrected chi connectivity index (χ0v) is 36.5. The van der Waals surface area contributed by atoms with Crippen molar-refractivity contribution in [3.8, 4) is 89.8 Å². The number of para-hydroxylation sites is 2. The minimum atomic E-state index is 0.602. The van der Waals surface area contributed by atoms with Crippen LogP contribution >= 0.6 is 0 Å². The topological polar surface area (TPSA) is 77.8 Å². The molecule has 4 aromatic heterocycles. The van der Waals surface area contributed by atoms with Crippen molar-refractivity contribution in [2.75, 3.05) is 0 Å². The van der Waals surface area contributed by atoms with Crippen LogP contribution in [-0.4, -0.2) is 19.9 Å². The molecule has 13 aromatic rings. The summed E-state index contributed by atoms with van der Waals surface area (Å²) in [6.45, 7) is 0. The van der Waals surface area contributed by atoms with Crippen molar-refractivity contribution in [1.82, 2.24) is 19.9 Å². The van der Waals surface area contributed by atoms with E-state index in [1.807, 2.05) is 54.6 Å². The van der Waals surface area contributed by atoms with Crippen molar-refractivity contribution in [3.63, 3.8) is 0 Å². The van der Waals surface area contributed by atoms with Crippen LogP contribution in [0.25, 0.3) is 134 Å². The van der Waals surface area contributed by atoms with Gasteiger partial charge in [-0.1, -0.05) is 182 Å². The van der Waals surface area contributed by atoms with E-state index < -0.39 is 0 Å². The molecule has 68 heavy (non-hydrogen) atoms. The fourth-order valence-electron chi connectivity index (χ4n) is 9.29.